The molecule has 3 heterocycles. The molecule has 11 N–H and O–H groups in total. The van der Waals surface area contributed by atoms with Crippen molar-refractivity contribution in [1.29, 1.82) is 0 Å². The summed E-state index contributed by atoms with van der Waals surface area (Å²) in [5.41, 5.74) is 4.22. The van der Waals surface area contributed by atoms with Gasteiger partial charge in [0.25, 0.3) is 0 Å². The number of nitrogens with zero attached hydrogens (tertiary/aromatic N) is 4. The normalized spacial score (nSPS) is 22.8. The Labute approximate surface area is 300 Å². The van der Waals surface area contributed by atoms with Crippen LogP contribution in [0.4, 0.5) is 5.82 Å². The standard InChI is InChI=1S/C25H42N7O18P3/c1-13(33)8-14(34)4-6-27-16(35)5-7-28-23(38)20(37)25(2,3)10-47-53(44,45)50-52(42,43)46-9-15-19(49-51(39,40)41)18(36)24(48-15)32-12-31-17-21(26)29-11-30-22(17)32/h11-13,15,18-20,24,33,36-37H,4-10H2,1-3H3,(H,27,35)(H,28,38)(H,42,43)(H,44,45)(H2,26,29,30)(H2,39,40,41). The number of hydrogen-bond donors (Lipinski definition) is 10. The van der Waals surface area contributed by atoms with Crippen molar-refractivity contribution in [3.05, 3.63) is 12.7 Å². The van der Waals surface area contributed by atoms with E-state index in [4.69, 9.17) is 19.5 Å². The number of phosphoric ester groups is 3. The highest BCUT2D eigenvalue weighted by molar-refractivity contribution is 7.61. The number of nitrogens with one attached hydrogen (secondary N) is 2. The highest BCUT2D eigenvalue weighted by Gasteiger charge is 2.50. The summed E-state index contributed by atoms with van der Waals surface area (Å²) >= 11 is 0. The quantitative estimate of drug-likeness (QED) is 0.0617. The van der Waals surface area contributed by atoms with E-state index >= 15 is 0 Å². The zero-order valence-electron chi connectivity index (χ0n) is 28.4. The van der Waals surface area contributed by atoms with Crippen LogP contribution in [-0.2, 0) is 50.7 Å². The number of phosphoric acid groups is 3. The number of ether oxygens (including phenoxy) is 1. The third-order valence-electron chi connectivity index (χ3n) is 7.33. The van der Waals surface area contributed by atoms with Gasteiger partial charge in [0.2, 0.25) is 11.8 Å². The van der Waals surface area contributed by atoms with Crippen LogP contribution in [0.3, 0.4) is 0 Å². The molecule has 0 spiro atoms. The Morgan fingerprint density at radius 2 is 1.66 bits per heavy atom. The topological polar surface area (TPSA) is 384 Å². The van der Waals surface area contributed by atoms with Crippen LogP contribution >= 0.6 is 23.5 Å². The van der Waals surface area contributed by atoms with Gasteiger partial charge in [-0.15, -0.1) is 0 Å². The summed E-state index contributed by atoms with van der Waals surface area (Å²) in [5.74, 6) is -1.83. The number of carbonyl (C=O) groups is 3. The Bertz CT molecular complexity index is 1760. The molecule has 2 amide bonds. The van der Waals surface area contributed by atoms with E-state index < -0.39 is 90.7 Å². The molecule has 8 atom stereocenters. The van der Waals surface area contributed by atoms with Gasteiger partial charge in [0.1, 0.15) is 42.0 Å². The van der Waals surface area contributed by atoms with E-state index in [1.165, 1.54) is 20.8 Å². The van der Waals surface area contributed by atoms with Crippen molar-refractivity contribution < 1.29 is 85.6 Å². The van der Waals surface area contributed by atoms with Crippen LogP contribution in [-0.4, -0.2) is 129 Å². The smallest absolute Gasteiger partial charge is 0.393 e. The third-order valence-corrected chi connectivity index (χ3v) is 10.4. The maximum Gasteiger partial charge on any atom is 0.481 e. The van der Waals surface area contributed by atoms with Gasteiger partial charge in [-0.25, -0.2) is 28.6 Å². The summed E-state index contributed by atoms with van der Waals surface area (Å²) in [7, 11) is -16.4. The van der Waals surface area contributed by atoms with Gasteiger partial charge in [-0.1, -0.05) is 13.8 Å². The second-order valence-electron chi connectivity index (χ2n) is 12.4. The fourth-order valence-corrected chi connectivity index (χ4v) is 7.54. The van der Waals surface area contributed by atoms with E-state index in [-0.39, 0.29) is 55.1 Å². The first-order valence-electron chi connectivity index (χ1n) is 15.5. The Morgan fingerprint density at radius 1 is 1.02 bits per heavy atom. The number of hydrogen-bond acceptors (Lipinski definition) is 18. The molecule has 0 aliphatic carbocycles. The van der Waals surface area contributed by atoms with Gasteiger partial charge in [0, 0.05) is 37.8 Å². The van der Waals surface area contributed by atoms with Crippen molar-refractivity contribution >= 4 is 58.0 Å². The summed E-state index contributed by atoms with van der Waals surface area (Å²) in [6, 6.07) is 0. The van der Waals surface area contributed by atoms with E-state index in [1.54, 1.807) is 0 Å². The zero-order chi connectivity index (χ0) is 39.9. The summed E-state index contributed by atoms with van der Waals surface area (Å²) in [6.07, 6.45) is -7.90. The molecule has 0 saturated carbocycles. The highest BCUT2D eigenvalue weighted by atomic mass is 31.3. The van der Waals surface area contributed by atoms with Gasteiger partial charge in [-0.2, -0.15) is 4.31 Å². The van der Waals surface area contributed by atoms with Gasteiger partial charge in [-0.3, -0.25) is 32.5 Å². The van der Waals surface area contributed by atoms with Crippen molar-refractivity contribution in [2.45, 2.75) is 76.8 Å². The van der Waals surface area contributed by atoms with Crippen molar-refractivity contribution in [3.63, 3.8) is 0 Å². The lowest BCUT2D eigenvalue weighted by Crippen LogP contribution is -2.46. The predicted molar refractivity (Wildman–Crippen MR) is 176 cm³/mol. The van der Waals surface area contributed by atoms with Crippen LogP contribution in [0.2, 0.25) is 0 Å². The average molecular weight is 822 g/mol. The maximum absolute atomic E-state index is 12.6. The number of aliphatic hydroxyl groups is 3. The predicted octanol–water partition coefficient (Wildman–Crippen LogP) is -1.86. The molecule has 1 saturated heterocycles. The number of nitrogen functional groups attached to an aromatic ring is 1. The number of nitrogens with two attached hydrogens (primary N) is 1. The minimum absolute atomic E-state index is 0.00168. The lowest BCUT2D eigenvalue weighted by Gasteiger charge is -2.30. The molecule has 0 aromatic carbocycles. The SMILES string of the molecule is CC(O)CC(=O)CCNC(=O)CCNC(=O)C(O)C(C)(C)COP(=O)(O)OP(=O)(O)OCC1OC(n2cnc3c(N)ncnc32)C(O)C1OP(=O)(O)O. The molecule has 300 valence electrons. The molecule has 53 heavy (non-hydrogen) atoms. The molecule has 28 heteroatoms. The van der Waals surface area contributed by atoms with E-state index in [1.807, 2.05) is 0 Å². The number of aliphatic hydroxyl groups excluding tert-OH is 3. The van der Waals surface area contributed by atoms with E-state index in [0.29, 0.717) is 0 Å². The Morgan fingerprint density at radius 3 is 2.30 bits per heavy atom. The second-order valence-corrected chi connectivity index (χ2v) is 16.6. The molecule has 1 fully saturated rings. The molecule has 2 aromatic rings. The highest BCUT2D eigenvalue weighted by Crippen LogP contribution is 2.61. The molecule has 0 bridgehead atoms. The van der Waals surface area contributed by atoms with E-state index in [0.717, 1.165) is 17.2 Å². The first kappa shape index (κ1) is 44.6. The number of carbonyl (C=O) groups excluding carboxylic acids is 3. The van der Waals surface area contributed by atoms with Gasteiger partial charge in [-0.05, 0) is 6.92 Å². The minimum Gasteiger partial charge on any atom is -0.393 e. The van der Waals surface area contributed by atoms with Crippen LogP contribution in [0.5, 0.6) is 0 Å². The number of Topliss-reactive ketones (excluding diaryl/α,β-unsaturated/α-hetero) is 1. The first-order valence-corrected chi connectivity index (χ1v) is 20.0. The van der Waals surface area contributed by atoms with Crippen LogP contribution in [0, 0.1) is 5.41 Å². The third kappa shape index (κ3) is 13.5. The van der Waals surface area contributed by atoms with Crippen molar-refractivity contribution in [3.8, 4) is 0 Å². The van der Waals surface area contributed by atoms with Gasteiger partial charge in [0.05, 0.1) is 25.6 Å². The summed E-state index contributed by atoms with van der Waals surface area (Å²) in [5, 5.41) is 35.3. The molecule has 8 unspecified atom stereocenters. The average Bonchev–Trinajstić information content (AvgIpc) is 3.58. The summed E-state index contributed by atoms with van der Waals surface area (Å²) in [4.78, 5) is 86.8. The Hall–Kier alpha value is -2.83. The summed E-state index contributed by atoms with van der Waals surface area (Å²) in [6.45, 7) is 1.64. The van der Waals surface area contributed by atoms with Crippen molar-refractivity contribution in [2.24, 2.45) is 5.41 Å². The second kappa shape index (κ2) is 18.2. The molecule has 1 aliphatic rings. The van der Waals surface area contributed by atoms with Gasteiger partial charge in [0.15, 0.2) is 17.7 Å². The van der Waals surface area contributed by atoms with E-state index in [2.05, 4.69) is 34.4 Å². The molecule has 1 aliphatic heterocycles. The zero-order valence-corrected chi connectivity index (χ0v) is 31.1. The lowest BCUT2D eigenvalue weighted by atomic mass is 9.87. The number of anilines is 1. The summed E-state index contributed by atoms with van der Waals surface area (Å²) < 4.78 is 61.9. The monoisotopic (exact) mass is 821 g/mol. The van der Waals surface area contributed by atoms with Gasteiger partial charge < -0.3 is 56.0 Å². The number of fused-ring (bicyclic) bond motifs is 1. The van der Waals surface area contributed by atoms with Crippen molar-refractivity contribution in [2.75, 3.05) is 32.0 Å². The molecular weight excluding hydrogens is 779 g/mol. The minimum atomic E-state index is -5.57. The van der Waals surface area contributed by atoms with Crippen LogP contribution in [0.25, 0.3) is 11.2 Å². The van der Waals surface area contributed by atoms with Crippen LogP contribution < -0.4 is 16.4 Å². The van der Waals surface area contributed by atoms with Crippen molar-refractivity contribution in [1.82, 2.24) is 30.2 Å². The van der Waals surface area contributed by atoms with Crippen LogP contribution in [0.15, 0.2) is 12.7 Å². The molecule has 3 rings (SSSR count). The fourth-order valence-electron chi connectivity index (χ4n) is 4.71. The Balaban J connectivity index is 1.53. The fraction of sp³-hybridized carbons (Fsp3) is 0.680. The maximum atomic E-state index is 12.6. The molecule has 25 nitrogen and oxygen atoms in total. The first-order chi connectivity index (χ1) is 24.4. The number of amides is 2. The van der Waals surface area contributed by atoms with E-state index in [9.17, 15) is 63.0 Å². The number of rotatable bonds is 21. The molecule has 2 aromatic heterocycles. The number of ketones is 1. The van der Waals surface area contributed by atoms with Crippen LogP contribution in [0.1, 0.15) is 46.3 Å². The van der Waals surface area contributed by atoms with Gasteiger partial charge >= 0.3 is 23.5 Å². The number of aromatic nitrogens is 4. The molecule has 0 radical (unpaired) electrons. The lowest BCUT2D eigenvalue weighted by molar-refractivity contribution is -0.137. The molecular formula is C25H42N7O18P3. The Kier molecular flexibility index (Phi) is 15.3. The number of imidazole rings is 1. The largest absolute Gasteiger partial charge is 0.481 e.